The fourth-order valence-corrected chi connectivity index (χ4v) is 3.36. The summed E-state index contributed by atoms with van der Waals surface area (Å²) in [6.07, 6.45) is -0.737. The normalized spacial score (nSPS) is 29.3. The van der Waals surface area contributed by atoms with Crippen LogP contribution in [-0.2, 0) is 14.3 Å². The summed E-state index contributed by atoms with van der Waals surface area (Å²) >= 11 is 0. The second-order valence-corrected chi connectivity index (χ2v) is 6.37. The third-order valence-electron chi connectivity index (χ3n) is 4.32. The Labute approximate surface area is 131 Å². The van der Waals surface area contributed by atoms with Crippen molar-refractivity contribution in [3.63, 3.8) is 0 Å². The number of fused-ring (bicyclic) bond motifs is 1. The van der Waals surface area contributed by atoms with E-state index in [2.05, 4.69) is 12.3 Å². The SMILES string of the molecule is C=C=C(c1ccccc1)[C@H]1OC(C)(C)CN2C(=O)[C@@H](OC)[C@@H]12. The van der Waals surface area contributed by atoms with Gasteiger partial charge >= 0.3 is 0 Å². The van der Waals surface area contributed by atoms with Crippen LogP contribution in [0.15, 0.2) is 42.6 Å². The maximum absolute atomic E-state index is 12.2. The molecule has 4 heteroatoms. The van der Waals surface area contributed by atoms with Gasteiger partial charge < -0.3 is 14.4 Å². The number of β-lactam (4-membered cyclic amide) rings is 1. The van der Waals surface area contributed by atoms with E-state index in [0.29, 0.717) is 6.54 Å². The summed E-state index contributed by atoms with van der Waals surface area (Å²) in [5, 5.41) is 0. The second kappa shape index (κ2) is 5.40. The van der Waals surface area contributed by atoms with Crippen LogP contribution in [0.2, 0.25) is 0 Å². The number of carbonyl (C=O) groups is 1. The number of amides is 1. The van der Waals surface area contributed by atoms with Crippen LogP contribution in [-0.4, -0.2) is 48.3 Å². The number of carbonyl (C=O) groups excluding carboxylic acids is 1. The third kappa shape index (κ3) is 2.30. The van der Waals surface area contributed by atoms with Crippen LogP contribution in [0, 0.1) is 0 Å². The van der Waals surface area contributed by atoms with Crippen LogP contribution < -0.4 is 0 Å². The molecule has 1 amide bonds. The van der Waals surface area contributed by atoms with Crippen LogP contribution in [0.4, 0.5) is 0 Å². The van der Waals surface area contributed by atoms with Gasteiger partial charge in [0.15, 0.2) is 6.10 Å². The van der Waals surface area contributed by atoms with Gasteiger partial charge in [0.25, 0.3) is 5.91 Å². The van der Waals surface area contributed by atoms with Gasteiger partial charge in [-0.3, -0.25) is 4.79 Å². The molecule has 2 fully saturated rings. The van der Waals surface area contributed by atoms with E-state index in [9.17, 15) is 4.79 Å². The molecule has 3 rings (SSSR count). The zero-order valence-electron chi connectivity index (χ0n) is 13.2. The van der Waals surface area contributed by atoms with Crippen molar-refractivity contribution >= 4 is 11.5 Å². The molecule has 2 aliphatic rings. The number of ether oxygens (including phenoxy) is 2. The molecule has 0 bridgehead atoms. The summed E-state index contributed by atoms with van der Waals surface area (Å²) in [4.78, 5) is 14.1. The number of hydrogen-bond acceptors (Lipinski definition) is 3. The first-order valence-corrected chi connectivity index (χ1v) is 7.45. The molecule has 2 aliphatic heterocycles. The summed E-state index contributed by atoms with van der Waals surface area (Å²) in [7, 11) is 1.57. The Morgan fingerprint density at radius 3 is 2.68 bits per heavy atom. The highest BCUT2D eigenvalue weighted by atomic mass is 16.5. The van der Waals surface area contributed by atoms with Gasteiger partial charge in [-0.25, -0.2) is 0 Å². The van der Waals surface area contributed by atoms with Crippen molar-refractivity contribution in [3.8, 4) is 0 Å². The third-order valence-corrected chi connectivity index (χ3v) is 4.32. The van der Waals surface area contributed by atoms with Crippen LogP contribution >= 0.6 is 0 Å². The lowest BCUT2D eigenvalue weighted by atomic mass is 9.82. The van der Waals surface area contributed by atoms with Gasteiger partial charge in [-0.05, 0) is 19.4 Å². The molecule has 0 N–H and O–H groups in total. The van der Waals surface area contributed by atoms with Gasteiger partial charge in [0.1, 0.15) is 6.10 Å². The first-order chi connectivity index (χ1) is 10.5. The molecule has 0 aromatic heterocycles. The first-order valence-electron chi connectivity index (χ1n) is 7.45. The van der Waals surface area contributed by atoms with Gasteiger partial charge in [-0.1, -0.05) is 36.9 Å². The molecule has 0 saturated carbocycles. The summed E-state index contributed by atoms with van der Waals surface area (Å²) in [6.45, 7) is 8.39. The molecular formula is C18H21NO3. The average Bonchev–Trinajstić information content (AvgIpc) is 2.50. The van der Waals surface area contributed by atoms with Crippen molar-refractivity contribution in [2.75, 3.05) is 13.7 Å². The molecule has 0 unspecified atom stereocenters. The van der Waals surface area contributed by atoms with Gasteiger partial charge in [0, 0.05) is 19.2 Å². The topological polar surface area (TPSA) is 38.8 Å². The van der Waals surface area contributed by atoms with E-state index < -0.39 is 11.7 Å². The molecule has 1 aromatic rings. The minimum Gasteiger partial charge on any atom is -0.369 e. The average molecular weight is 299 g/mol. The predicted molar refractivity (Wildman–Crippen MR) is 84.2 cm³/mol. The van der Waals surface area contributed by atoms with Gasteiger partial charge in [0.05, 0.1) is 11.6 Å². The smallest absolute Gasteiger partial charge is 0.254 e. The number of benzene rings is 1. The molecule has 116 valence electrons. The van der Waals surface area contributed by atoms with Crippen LogP contribution in [0.25, 0.3) is 5.57 Å². The van der Waals surface area contributed by atoms with E-state index in [-0.39, 0.29) is 18.1 Å². The number of nitrogens with zero attached hydrogens (tertiary/aromatic N) is 1. The largest absolute Gasteiger partial charge is 0.369 e. The van der Waals surface area contributed by atoms with E-state index in [1.807, 2.05) is 49.1 Å². The molecule has 1 aromatic carbocycles. The summed E-state index contributed by atoms with van der Waals surface area (Å²) < 4.78 is 11.6. The molecule has 2 saturated heterocycles. The highest BCUT2D eigenvalue weighted by Crippen LogP contribution is 2.40. The minimum absolute atomic E-state index is 0.0327. The van der Waals surface area contributed by atoms with Crippen molar-refractivity contribution in [2.24, 2.45) is 0 Å². The lowest BCUT2D eigenvalue weighted by molar-refractivity contribution is -0.220. The number of hydrogen-bond donors (Lipinski definition) is 0. The van der Waals surface area contributed by atoms with Crippen molar-refractivity contribution < 1.29 is 14.3 Å². The van der Waals surface area contributed by atoms with E-state index in [1.165, 1.54) is 0 Å². The highest BCUT2D eigenvalue weighted by Gasteiger charge is 2.58. The Morgan fingerprint density at radius 1 is 1.41 bits per heavy atom. The highest BCUT2D eigenvalue weighted by molar-refractivity contribution is 5.90. The molecule has 0 aliphatic carbocycles. The molecule has 3 atom stereocenters. The molecular weight excluding hydrogens is 278 g/mol. The quantitative estimate of drug-likeness (QED) is 0.635. The van der Waals surface area contributed by atoms with Gasteiger partial charge in [-0.15, -0.1) is 5.73 Å². The summed E-state index contributed by atoms with van der Waals surface area (Å²) in [6, 6.07) is 9.80. The summed E-state index contributed by atoms with van der Waals surface area (Å²) in [5.74, 6) is 0.0327. The van der Waals surface area contributed by atoms with Crippen molar-refractivity contribution in [2.45, 2.75) is 37.7 Å². The zero-order chi connectivity index (χ0) is 15.9. The van der Waals surface area contributed by atoms with Crippen molar-refractivity contribution in [1.29, 1.82) is 0 Å². The summed E-state index contributed by atoms with van der Waals surface area (Å²) in [5.41, 5.74) is 4.49. The van der Waals surface area contributed by atoms with Crippen LogP contribution in [0.3, 0.4) is 0 Å². The van der Waals surface area contributed by atoms with Gasteiger partial charge in [-0.2, -0.15) is 0 Å². The number of morpholine rings is 1. The lowest BCUT2D eigenvalue weighted by Gasteiger charge is -2.57. The fraction of sp³-hybridized carbons (Fsp3) is 0.444. The number of methoxy groups -OCH3 is 1. The van der Waals surface area contributed by atoms with Crippen LogP contribution in [0.1, 0.15) is 19.4 Å². The predicted octanol–water partition coefficient (Wildman–Crippen LogP) is 2.26. The monoisotopic (exact) mass is 299 g/mol. The molecule has 0 spiro atoms. The van der Waals surface area contributed by atoms with E-state index in [0.717, 1.165) is 11.1 Å². The minimum atomic E-state index is -0.451. The zero-order valence-corrected chi connectivity index (χ0v) is 13.2. The second-order valence-electron chi connectivity index (χ2n) is 6.37. The Morgan fingerprint density at radius 2 is 2.09 bits per heavy atom. The Bertz CT molecular complexity index is 631. The Hall–Kier alpha value is -1.87. The van der Waals surface area contributed by atoms with E-state index in [4.69, 9.17) is 9.47 Å². The van der Waals surface area contributed by atoms with Crippen molar-refractivity contribution in [3.05, 3.63) is 48.2 Å². The standard InChI is InChI=1S/C18H21NO3/c1-5-13(12-9-7-6-8-10-12)15-14-16(21-4)17(20)19(14)11-18(2,3)22-15/h6-10,14-16H,1,11H2,2-4H3/t14-,15-,16+/m1/s1. The van der Waals surface area contributed by atoms with E-state index >= 15 is 0 Å². The van der Waals surface area contributed by atoms with E-state index in [1.54, 1.807) is 7.11 Å². The maximum atomic E-state index is 12.2. The molecule has 4 nitrogen and oxygen atoms in total. The Balaban J connectivity index is 1.99. The Kier molecular flexibility index (Phi) is 3.69. The molecule has 0 radical (unpaired) electrons. The molecule has 22 heavy (non-hydrogen) atoms. The van der Waals surface area contributed by atoms with Crippen LogP contribution in [0.5, 0.6) is 0 Å². The fourth-order valence-electron chi connectivity index (χ4n) is 3.36. The first kappa shape index (κ1) is 15.0. The number of rotatable bonds is 3. The molecule has 2 heterocycles. The maximum Gasteiger partial charge on any atom is 0.254 e. The van der Waals surface area contributed by atoms with Crippen molar-refractivity contribution in [1.82, 2.24) is 4.90 Å². The van der Waals surface area contributed by atoms with Gasteiger partial charge in [0.2, 0.25) is 0 Å². The lowest BCUT2D eigenvalue weighted by Crippen LogP contribution is -2.75.